The Hall–Kier alpha value is -2.90. The summed E-state index contributed by atoms with van der Waals surface area (Å²) < 4.78 is 52.1. The third-order valence-corrected chi connectivity index (χ3v) is 4.10. The van der Waals surface area contributed by atoms with Crippen molar-refractivity contribution in [1.82, 2.24) is 5.32 Å². The van der Waals surface area contributed by atoms with Crippen LogP contribution in [-0.2, 0) is 22.2 Å². The molecule has 0 bridgehead atoms. The Morgan fingerprint density at radius 2 is 1.79 bits per heavy atom. The first kappa shape index (κ1) is 21.4. The van der Waals surface area contributed by atoms with E-state index in [0.717, 1.165) is 17.0 Å². The molecule has 4 nitrogen and oxygen atoms in total. The molecule has 0 aliphatic rings. The van der Waals surface area contributed by atoms with Gasteiger partial charge in [0.1, 0.15) is 5.82 Å². The normalized spacial score (nSPS) is 11.2. The minimum atomic E-state index is -4.53. The molecule has 0 heterocycles. The van der Waals surface area contributed by atoms with Crippen LogP contribution in [0.2, 0.25) is 0 Å². The van der Waals surface area contributed by atoms with E-state index in [-0.39, 0.29) is 36.9 Å². The van der Waals surface area contributed by atoms with Gasteiger partial charge in [0.05, 0.1) is 5.56 Å². The van der Waals surface area contributed by atoms with E-state index >= 15 is 0 Å². The highest BCUT2D eigenvalue weighted by atomic mass is 19.4. The molecule has 0 fully saturated rings. The summed E-state index contributed by atoms with van der Waals surface area (Å²) in [5.41, 5.74) is -0.329. The van der Waals surface area contributed by atoms with Crippen LogP contribution >= 0.6 is 0 Å². The predicted octanol–water partition coefficient (Wildman–Crippen LogP) is 3.95. The lowest BCUT2D eigenvalue weighted by Gasteiger charge is -2.22. The molecule has 0 saturated heterocycles. The van der Waals surface area contributed by atoms with E-state index in [0.29, 0.717) is 12.0 Å². The number of halogens is 4. The van der Waals surface area contributed by atoms with Crippen LogP contribution in [0.25, 0.3) is 0 Å². The number of hydrogen-bond donors (Lipinski definition) is 1. The maximum atomic E-state index is 13.5. The van der Waals surface area contributed by atoms with Gasteiger partial charge in [0.2, 0.25) is 11.8 Å². The molecule has 1 N–H and O–H groups in total. The van der Waals surface area contributed by atoms with E-state index in [1.165, 1.54) is 25.1 Å². The molecule has 0 aliphatic heterocycles. The van der Waals surface area contributed by atoms with Crippen molar-refractivity contribution in [3.63, 3.8) is 0 Å². The van der Waals surface area contributed by atoms with Crippen LogP contribution in [0.15, 0.2) is 48.5 Å². The van der Waals surface area contributed by atoms with Gasteiger partial charge in [-0.15, -0.1) is 0 Å². The highest BCUT2D eigenvalue weighted by Gasteiger charge is 2.31. The van der Waals surface area contributed by atoms with Crippen LogP contribution < -0.4 is 10.2 Å². The fraction of sp³-hybridized carbons (Fsp3) is 0.300. The molecule has 0 aromatic heterocycles. The van der Waals surface area contributed by atoms with Crippen molar-refractivity contribution in [3.8, 4) is 0 Å². The predicted molar refractivity (Wildman–Crippen MR) is 97.2 cm³/mol. The van der Waals surface area contributed by atoms with E-state index in [9.17, 15) is 27.2 Å². The molecule has 0 spiro atoms. The molecule has 0 aliphatic carbocycles. The maximum absolute atomic E-state index is 13.5. The fourth-order valence-electron chi connectivity index (χ4n) is 2.66. The van der Waals surface area contributed by atoms with Crippen LogP contribution in [0.5, 0.6) is 0 Å². The Morgan fingerprint density at radius 1 is 1.07 bits per heavy atom. The van der Waals surface area contributed by atoms with E-state index in [1.54, 1.807) is 18.2 Å². The highest BCUT2D eigenvalue weighted by Crippen LogP contribution is 2.31. The van der Waals surface area contributed by atoms with Gasteiger partial charge >= 0.3 is 6.18 Å². The smallest absolute Gasteiger partial charge is 0.356 e. The van der Waals surface area contributed by atoms with Crippen molar-refractivity contribution in [3.05, 3.63) is 65.5 Å². The van der Waals surface area contributed by atoms with Crippen LogP contribution in [0.4, 0.5) is 23.2 Å². The van der Waals surface area contributed by atoms with Crippen LogP contribution in [0, 0.1) is 5.82 Å². The second-order valence-corrected chi connectivity index (χ2v) is 6.16. The zero-order valence-corrected chi connectivity index (χ0v) is 15.2. The molecule has 2 aromatic carbocycles. The third kappa shape index (κ3) is 6.07. The quantitative estimate of drug-likeness (QED) is 0.721. The monoisotopic (exact) mass is 396 g/mol. The van der Waals surface area contributed by atoms with Crippen molar-refractivity contribution < 1.29 is 27.2 Å². The summed E-state index contributed by atoms with van der Waals surface area (Å²) in [6, 6.07) is 10.6. The Morgan fingerprint density at radius 3 is 2.43 bits per heavy atom. The van der Waals surface area contributed by atoms with Gasteiger partial charge in [0, 0.05) is 32.1 Å². The number of carbonyl (C=O) groups excluding carboxylic acids is 2. The SMILES string of the molecule is CC(=O)N(CCC(=O)NCCc1ccccc1F)c1cccc(C(F)(F)F)c1. The molecule has 8 heteroatoms. The molecular weight excluding hydrogens is 376 g/mol. The first-order valence-electron chi connectivity index (χ1n) is 8.64. The van der Waals surface area contributed by atoms with Gasteiger partial charge in [0.15, 0.2) is 0 Å². The lowest BCUT2D eigenvalue weighted by Crippen LogP contribution is -2.34. The molecule has 0 saturated carbocycles. The minimum Gasteiger partial charge on any atom is -0.356 e. The van der Waals surface area contributed by atoms with Gasteiger partial charge < -0.3 is 10.2 Å². The summed E-state index contributed by atoms with van der Waals surface area (Å²) in [5, 5.41) is 2.62. The number of rotatable bonds is 7. The summed E-state index contributed by atoms with van der Waals surface area (Å²) in [4.78, 5) is 24.9. The number of benzene rings is 2. The summed E-state index contributed by atoms with van der Waals surface area (Å²) >= 11 is 0. The van der Waals surface area contributed by atoms with Crippen LogP contribution in [-0.4, -0.2) is 24.9 Å². The Balaban J connectivity index is 1.92. The second-order valence-electron chi connectivity index (χ2n) is 6.16. The largest absolute Gasteiger partial charge is 0.416 e. The van der Waals surface area contributed by atoms with Crippen molar-refractivity contribution in [2.45, 2.75) is 25.9 Å². The molecule has 0 unspecified atom stereocenters. The Kier molecular flexibility index (Phi) is 7.14. The topological polar surface area (TPSA) is 49.4 Å². The Bertz CT molecular complexity index is 837. The van der Waals surface area contributed by atoms with Gasteiger partial charge in [0.25, 0.3) is 0 Å². The first-order valence-corrected chi connectivity index (χ1v) is 8.64. The van der Waals surface area contributed by atoms with Crippen molar-refractivity contribution in [2.24, 2.45) is 0 Å². The van der Waals surface area contributed by atoms with Gasteiger partial charge in [-0.1, -0.05) is 24.3 Å². The van der Waals surface area contributed by atoms with E-state index in [2.05, 4.69) is 5.32 Å². The summed E-state index contributed by atoms with van der Waals surface area (Å²) in [7, 11) is 0. The lowest BCUT2D eigenvalue weighted by atomic mass is 10.1. The molecule has 150 valence electrons. The van der Waals surface area contributed by atoms with Crippen molar-refractivity contribution in [1.29, 1.82) is 0 Å². The molecule has 28 heavy (non-hydrogen) atoms. The van der Waals surface area contributed by atoms with Gasteiger partial charge in [-0.05, 0) is 36.2 Å². The van der Waals surface area contributed by atoms with Gasteiger partial charge in [-0.25, -0.2) is 4.39 Å². The molecular formula is C20H20F4N2O2. The first-order chi connectivity index (χ1) is 13.2. The molecule has 2 amide bonds. The number of carbonyl (C=O) groups is 2. The number of amides is 2. The molecule has 2 aromatic rings. The standard InChI is InChI=1S/C20H20F4N2O2/c1-14(27)26(17-7-4-6-16(13-17)20(22,23)24)12-10-19(28)25-11-9-15-5-2-3-8-18(15)21/h2-8,13H,9-12H2,1H3,(H,25,28). The lowest BCUT2D eigenvalue weighted by molar-refractivity contribution is -0.137. The summed E-state index contributed by atoms with van der Waals surface area (Å²) in [6.07, 6.45) is -4.31. The molecule has 2 rings (SSSR count). The number of hydrogen-bond acceptors (Lipinski definition) is 2. The number of anilines is 1. The maximum Gasteiger partial charge on any atom is 0.416 e. The van der Waals surface area contributed by atoms with Gasteiger partial charge in [-0.3, -0.25) is 9.59 Å². The summed E-state index contributed by atoms with van der Waals surface area (Å²) in [5.74, 6) is -1.21. The van der Waals surface area contributed by atoms with E-state index in [4.69, 9.17) is 0 Å². The van der Waals surface area contributed by atoms with Crippen LogP contribution in [0.3, 0.4) is 0 Å². The van der Waals surface area contributed by atoms with Crippen LogP contribution in [0.1, 0.15) is 24.5 Å². The van der Waals surface area contributed by atoms with E-state index in [1.807, 2.05) is 0 Å². The summed E-state index contributed by atoms with van der Waals surface area (Å²) in [6.45, 7) is 1.36. The average Bonchev–Trinajstić information content (AvgIpc) is 2.63. The number of nitrogens with one attached hydrogen (secondary N) is 1. The van der Waals surface area contributed by atoms with Crippen molar-refractivity contribution in [2.75, 3.05) is 18.0 Å². The number of alkyl halides is 3. The zero-order chi connectivity index (χ0) is 20.7. The van der Waals surface area contributed by atoms with Gasteiger partial charge in [-0.2, -0.15) is 13.2 Å². The Labute approximate surface area is 160 Å². The third-order valence-electron chi connectivity index (χ3n) is 4.10. The average molecular weight is 396 g/mol. The molecule has 0 radical (unpaired) electrons. The minimum absolute atomic E-state index is 0.0673. The zero-order valence-electron chi connectivity index (χ0n) is 15.2. The van der Waals surface area contributed by atoms with Crippen molar-refractivity contribution >= 4 is 17.5 Å². The molecule has 0 atom stereocenters. The number of nitrogens with zero attached hydrogens (tertiary/aromatic N) is 1. The highest BCUT2D eigenvalue weighted by molar-refractivity contribution is 5.92. The van der Waals surface area contributed by atoms with E-state index < -0.39 is 17.6 Å². The second kappa shape index (κ2) is 9.34. The fourth-order valence-corrected chi connectivity index (χ4v) is 2.66.